The molecule has 0 saturated carbocycles. The molecule has 0 radical (unpaired) electrons. The molecule has 0 fully saturated rings. The van der Waals surface area contributed by atoms with Gasteiger partial charge in [0.1, 0.15) is 12.3 Å². The number of fused-ring (bicyclic) bond motifs is 2. The normalized spacial score (nSPS) is 24.1. The van der Waals surface area contributed by atoms with E-state index in [2.05, 4.69) is 128 Å². The van der Waals surface area contributed by atoms with Crippen molar-refractivity contribution < 1.29 is 0 Å². The van der Waals surface area contributed by atoms with E-state index in [-0.39, 0.29) is 12.3 Å². The first-order valence-corrected chi connectivity index (χ1v) is 10.9. The summed E-state index contributed by atoms with van der Waals surface area (Å²) in [5, 5.41) is 0. The Morgan fingerprint density at radius 3 is 1.57 bits per heavy atom. The molecule has 0 bridgehead atoms. The third kappa shape index (κ3) is 2.82. The summed E-state index contributed by atoms with van der Waals surface area (Å²) < 4.78 is 0. The van der Waals surface area contributed by atoms with Gasteiger partial charge in [-0.3, -0.25) is 0 Å². The summed E-state index contributed by atoms with van der Waals surface area (Å²) in [7, 11) is 0. The van der Waals surface area contributed by atoms with E-state index in [4.69, 9.17) is 0 Å². The molecule has 4 aliphatic rings. The highest BCUT2D eigenvalue weighted by Crippen LogP contribution is 2.41. The first kappa shape index (κ1) is 18.9. The Balaban J connectivity index is 1.61. The maximum atomic E-state index is 2.42. The minimum absolute atomic E-state index is 0.252. The van der Waals surface area contributed by atoms with Gasteiger partial charge < -0.3 is 19.6 Å². The smallest absolute Gasteiger partial charge is 0.107 e. The van der Waals surface area contributed by atoms with Gasteiger partial charge >= 0.3 is 0 Å². The SMILES string of the molecule is Cc1c(N2C=C3C=CC=CN3[C@H]2C)cc(C(C)C)cc1N1C=C2C=CC=CN2[C@@H]1C. The molecule has 0 N–H and O–H groups in total. The quantitative estimate of drug-likeness (QED) is 0.628. The van der Waals surface area contributed by atoms with Gasteiger partial charge in [-0.05, 0) is 74.3 Å². The Bertz CT molecular complexity index is 976. The fourth-order valence-electron chi connectivity index (χ4n) is 4.72. The zero-order chi connectivity index (χ0) is 21.0. The van der Waals surface area contributed by atoms with Crippen LogP contribution in [0.25, 0.3) is 0 Å². The van der Waals surface area contributed by atoms with E-state index >= 15 is 0 Å². The second-order valence-electron chi connectivity index (χ2n) is 8.74. The second kappa shape index (κ2) is 6.98. The van der Waals surface area contributed by atoms with Crippen molar-refractivity contribution in [3.63, 3.8) is 0 Å². The number of anilines is 2. The highest BCUT2D eigenvalue weighted by Gasteiger charge is 2.33. The molecule has 4 heteroatoms. The fourth-order valence-corrected chi connectivity index (χ4v) is 4.72. The topological polar surface area (TPSA) is 13.0 Å². The molecule has 1 aromatic rings. The van der Waals surface area contributed by atoms with E-state index in [0.717, 1.165) is 0 Å². The van der Waals surface area contributed by atoms with E-state index in [9.17, 15) is 0 Å². The third-order valence-corrected chi connectivity index (χ3v) is 6.60. The van der Waals surface area contributed by atoms with Crippen molar-refractivity contribution in [2.24, 2.45) is 0 Å². The average molecular weight is 399 g/mol. The highest BCUT2D eigenvalue weighted by molar-refractivity contribution is 5.73. The van der Waals surface area contributed by atoms with Gasteiger partial charge in [-0.25, -0.2) is 0 Å². The van der Waals surface area contributed by atoms with E-state index in [0.29, 0.717) is 5.92 Å². The lowest BCUT2D eigenvalue weighted by Gasteiger charge is -2.34. The van der Waals surface area contributed by atoms with Crippen molar-refractivity contribution in [2.75, 3.05) is 9.80 Å². The van der Waals surface area contributed by atoms with Crippen molar-refractivity contribution in [3.8, 4) is 0 Å². The molecular weight excluding hydrogens is 368 g/mol. The van der Waals surface area contributed by atoms with Gasteiger partial charge in [0.2, 0.25) is 0 Å². The summed E-state index contributed by atoms with van der Waals surface area (Å²) in [6.45, 7) is 11.4. The minimum Gasteiger partial charge on any atom is -0.326 e. The van der Waals surface area contributed by atoms with Crippen LogP contribution in [0.15, 0.2) is 84.8 Å². The van der Waals surface area contributed by atoms with Gasteiger partial charge in [0.25, 0.3) is 0 Å². The predicted octanol–water partition coefficient (Wildman–Crippen LogP) is 5.90. The summed E-state index contributed by atoms with van der Waals surface area (Å²) in [6, 6.07) is 4.76. The van der Waals surface area contributed by atoms with Crippen LogP contribution in [-0.4, -0.2) is 22.1 Å². The number of hydrogen-bond donors (Lipinski definition) is 0. The third-order valence-electron chi connectivity index (χ3n) is 6.60. The van der Waals surface area contributed by atoms with Crippen LogP contribution in [-0.2, 0) is 0 Å². The van der Waals surface area contributed by atoms with E-state index in [1.54, 1.807) is 0 Å². The van der Waals surface area contributed by atoms with Gasteiger partial charge in [0, 0.05) is 36.2 Å². The van der Waals surface area contributed by atoms with Crippen LogP contribution in [0, 0.1) is 6.92 Å². The monoisotopic (exact) mass is 398 g/mol. The molecule has 0 amide bonds. The molecule has 0 aromatic heterocycles. The molecule has 4 nitrogen and oxygen atoms in total. The number of nitrogens with zero attached hydrogens (tertiary/aromatic N) is 4. The summed E-state index contributed by atoms with van der Waals surface area (Å²) in [5.41, 5.74) is 7.74. The molecule has 4 heterocycles. The maximum absolute atomic E-state index is 2.42. The second-order valence-corrected chi connectivity index (χ2v) is 8.74. The highest BCUT2D eigenvalue weighted by atomic mass is 15.4. The molecule has 0 spiro atoms. The minimum atomic E-state index is 0.252. The Kier molecular flexibility index (Phi) is 4.39. The van der Waals surface area contributed by atoms with Crippen molar-refractivity contribution in [1.82, 2.24) is 9.80 Å². The van der Waals surface area contributed by atoms with Crippen LogP contribution in [0.3, 0.4) is 0 Å². The van der Waals surface area contributed by atoms with Gasteiger partial charge in [-0.2, -0.15) is 0 Å². The van der Waals surface area contributed by atoms with Gasteiger partial charge in [0.05, 0.1) is 11.4 Å². The van der Waals surface area contributed by atoms with Crippen LogP contribution in [0.1, 0.15) is 44.7 Å². The molecule has 30 heavy (non-hydrogen) atoms. The first-order valence-electron chi connectivity index (χ1n) is 10.9. The van der Waals surface area contributed by atoms with Gasteiger partial charge in [0.15, 0.2) is 0 Å². The van der Waals surface area contributed by atoms with Crippen molar-refractivity contribution in [1.29, 1.82) is 0 Å². The van der Waals surface area contributed by atoms with Crippen LogP contribution in [0.2, 0.25) is 0 Å². The van der Waals surface area contributed by atoms with Crippen molar-refractivity contribution in [3.05, 3.63) is 95.9 Å². The Labute approximate surface area is 180 Å². The summed E-state index contributed by atoms with van der Waals surface area (Å²) in [6.07, 6.45) is 22.2. The zero-order valence-corrected chi connectivity index (χ0v) is 18.4. The molecule has 154 valence electrons. The van der Waals surface area contributed by atoms with Crippen LogP contribution >= 0.6 is 0 Å². The lowest BCUT2D eigenvalue weighted by atomic mass is 9.97. The van der Waals surface area contributed by atoms with Crippen LogP contribution in [0.4, 0.5) is 11.4 Å². The lowest BCUT2D eigenvalue weighted by Crippen LogP contribution is -2.36. The van der Waals surface area contributed by atoms with Crippen molar-refractivity contribution in [2.45, 2.75) is 52.9 Å². The molecule has 4 aliphatic heterocycles. The van der Waals surface area contributed by atoms with E-state index in [1.807, 2.05) is 0 Å². The predicted molar refractivity (Wildman–Crippen MR) is 126 cm³/mol. The summed E-state index contributed by atoms with van der Waals surface area (Å²) in [5.74, 6) is 0.462. The number of hydrogen-bond acceptors (Lipinski definition) is 4. The molecule has 5 rings (SSSR count). The Hall–Kier alpha value is -3.14. The zero-order valence-electron chi connectivity index (χ0n) is 18.4. The number of benzene rings is 1. The molecular formula is C26H30N4. The molecule has 0 aliphatic carbocycles. The molecule has 0 saturated heterocycles. The largest absolute Gasteiger partial charge is 0.326 e. The Morgan fingerprint density at radius 2 is 1.17 bits per heavy atom. The first-order chi connectivity index (χ1) is 14.5. The fraction of sp³-hybridized carbons (Fsp3) is 0.308. The molecule has 1 aromatic carbocycles. The number of rotatable bonds is 3. The molecule has 0 unspecified atom stereocenters. The van der Waals surface area contributed by atoms with Crippen LogP contribution in [0.5, 0.6) is 0 Å². The van der Waals surface area contributed by atoms with Gasteiger partial charge in [-0.15, -0.1) is 0 Å². The van der Waals surface area contributed by atoms with Crippen LogP contribution < -0.4 is 9.80 Å². The number of allylic oxidation sites excluding steroid dienone is 6. The Morgan fingerprint density at radius 1 is 0.700 bits per heavy atom. The average Bonchev–Trinajstić information content (AvgIpc) is 3.26. The maximum Gasteiger partial charge on any atom is 0.107 e. The van der Waals surface area contributed by atoms with E-state index in [1.165, 1.54) is 33.9 Å². The standard InChI is InChI=1S/C26H30N4/c1-18(2)22-14-25(29-16-23-10-6-8-12-27(23)20(29)4)19(3)26(15-22)30-17-24-11-7-9-13-28(24)21(30)5/h6-18,20-21H,1-5H3/t20-,21+. The molecule has 2 atom stereocenters. The lowest BCUT2D eigenvalue weighted by molar-refractivity contribution is 0.401. The summed E-state index contributed by atoms with van der Waals surface area (Å²) in [4.78, 5) is 9.50. The van der Waals surface area contributed by atoms with Crippen molar-refractivity contribution >= 4 is 11.4 Å². The van der Waals surface area contributed by atoms with Gasteiger partial charge in [-0.1, -0.05) is 26.0 Å². The van der Waals surface area contributed by atoms with E-state index < -0.39 is 0 Å². The summed E-state index contributed by atoms with van der Waals surface area (Å²) >= 11 is 0.